The predicted molar refractivity (Wildman–Crippen MR) is 144 cm³/mol. The highest BCUT2D eigenvalue weighted by atomic mass is 35.5. The third-order valence-corrected chi connectivity index (χ3v) is 7.41. The molecule has 3 aromatic carbocycles. The highest BCUT2D eigenvalue weighted by Crippen LogP contribution is 2.28. The van der Waals surface area contributed by atoms with Crippen molar-refractivity contribution in [2.24, 2.45) is 0 Å². The molecular weight excluding hydrogens is 563 g/mol. The SMILES string of the molecule is O=C(CN(C(=O)c1ccc(Cl)c(Cl)c1)N1C(=O)c2ccccc2C1=O)c1ccc(OC(=O)c2cccs2)cc1. The van der Waals surface area contributed by atoms with Crippen molar-refractivity contribution in [3.05, 3.63) is 121 Å². The fourth-order valence-electron chi connectivity index (χ4n) is 3.90. The number of ketones is 1. The number of rotatable bonds is 7. The van der Waals surface area contributed by atoms with E-state index in [9.17, 15) is 24.0 Å². The van der Waals surface area contributed by atoms with Crippen LogP contribution < -0.4 is 4.74 Å². The molecule has 5 rings (SSSR count). The van der Waals surface area contributed by atoms with Gasteiger partial charge in [-0.05, 0) is 66.0 Å². The Balaban J connectivity index is 1.42. The first kappa shape index (κ1) is 26.3. The van der Waals surface area contributed by atoms with Gasteiger partial charge in [-0.1, -0.05) is 41.4 Å². The van der Waals surface area contributed by atoms with Gasteiger partial charge in [-0.2, -0.15) is 5.01 Å². The Morgan fingerprint density at radius 2 is 1.44 bits per heavy atom. The average molecular weight is 579 g/mol. The fraction of sp³-hybridized carbons (Fsp3) is 0.0357. The second-order valence-electron chi connectivity index (χ2n) is 8.27. The van der Waals surface area contributed by atoms with Gasteiger partial charge in [0.25, 0.3) is 17.7 Å². The first-order valence-corrected chi connectivity index (χ1v) is 13.0. The number of ether oxygens (including phenoxy) is 1. The summed E-state index contributed by atoms with van der Waals surface area (Å²) in [6.45, 7) is -0.640. The number of hydrogen-bond acceptors (Lipinski definition) is 7. The van der Waals surface area contributed by atoms with Crippen molar-refractivity contribution < 1.29 is 28.7 Å². The summed E-state index contributed by atoms with van der Waals surface area (Å²) in [6.07, 6.45) is 0. The van der Waals surface area contributed by atoms with Crippen molar-refractivity contribution >= 4 is 64.0 Å². The van der Waals surface area contributed by atoms with Crippen LogP contribution in [0.2, 0.25) is 10.0 Å². The Morgan fingerprint density at radius 3 is 2.03 bits per heavy atom. The van der Waals surface area contributed by atoms with E-state index in [4.69, 9.17) is 27.9 Å². The molecule has 0 saturated carbocycles. The van der Waals surface area contributed by atoms with Crippen molar-refractivity contribution in [2.75, 3.05) is 6.54 Å². The lowest BCUT2D eigenvalue weighted by molar-refractivity contribution is 0.00531. The third kappa shape index (κ3) is 5.20. The first-order chi connectivity index (χ1) is 18.7. The van der Waals surface area contributed by atoms with Gasteiger partial charge >= 0.3 is 5.97 Å². The molecule has 3 amide bonds. The van der Waals surface area contributed by atoms with E-state index in [1.807, 2.05) is 0 Å². The number of hydrazine groups is 1. The largest absolute Gasteiger partial charge is 0.422 e. The van der Waals surface area contributed by atoms with E-state index in [1.165, 1.54) is 65.9 Å². The molecule has 0 saturated heterocycles. The van der Waals surface area contributed by atoms with Gasteiger partial charge in [-0.25, -0.2) is 9.80 Å². The third-order valence-electron chi connectivity index (χ3n) is 5.82. The summed E-state index contributed by atoms with van der Waals surface area (Å²) in [5.41, 5.74) is 0.400. The zero-order valence-electron chi connectivity index (χ0n) is 19.8. The fourth-order valence-corrected chi connectivity index (χ4v) is 4.79. The standard InChI is InChI=1S/C28H16Cl2N2O6S/c29-21-12-9-17(14-22(21)30)25(34)31(32-26(35)19-4-1-2-5-20(19)27(32)36)15-23(33)16-7-10-18(11-8-16)38-28(37)24-6-3-13-39-24/h1-14H,15H2. The molecule has 1 aliphatic rings. The number of hydrogen-bond donors (Lipinski definition) is 0. The maximum atomic E-state index is 13.6. The van der Waals surface area contributed by atoms with E-state index in [1.54, 1.807) is 29.6 Å². The first-order valence-electron chi connectivity index (χ1n) is 11.4. The molecule has 0 spiro atoms. The van der Waals surface area contributed by atoms with Crippen molar-refractivity contribution in [1.29, 1.82) is 0 Å². The highest BCUT2D eigenvalue weighted by molar-refractivity contribution is 7.12. The number of carbonyl (C=O) groups is 5. The van der Waals surface area contributed by atoms with Crippen LogP contribution in [0.15, 0.2) is 84.2 Å². The maximum absolute atomic E-state index is 13.6. The maximum Gasteiger partial charge on any atom is 0.353 e. The Hall–Kier alpha value is -4.31. The van der Waals surface area contributed by atoms with Gasteiger partial charge < -0.3 is 4.74 Å². The number of amides is 3. The average Bonchev–Trinajstić information content (AvgIpc) is 3.57. The van der Waals surface area contributed by atoms with Gasteiger partial charge in [-0.3, -0.25) is 19.2 Å². The highest BCUT2D eigenvalue weighted by Gasteiger charge is 2.42. The number of nitrogens with zero attached hydrogens (tertiary/aromatic N) is 2. The minimum Gasteiger partial charge on any atom is -0.422 e. The minimum atomic E-state index is -0.807. The van der Waals surface area contributed by atoms with Crippen molar-refractivity contribution in [3.8, 4) is 5.75 Å². The molecule has 11 heteroatoms. The number of fused-ring (bicyclic) bond motifs is 1. The van der Waals surface area contributed by atoms with Crippen molar-refractivity contribution in [1.82, 2.24) is 10.0 Å². The van der Waals surface area contributed by atoms with E-state index in [0.29, 0.717) is 9.89 Å². The van der Waals surface area contributed by atoms with Crippen LogP contribution in [0, 0.1) is 0 Å². The molecule has 0 bridgehead atoms. The second kappa shape index (κ2) is 10.8. The number of imide groups is 1. The molecule has 0 N–H and O–H groups in total. The lowest BCUT2D eigenvalue weighted by Gasteiger charge is -2.29. The van der Waals surface area contributed by atoms with E-state index in [-0.39, 0.29) is 38.0 Å². The summed E-state index contributed by atoms with van der Waals surface area (Å²) < 4.78 is 5.31. The van der Waals surface area contributed by atoms with Crippen LogP contribution in [0.4, 0.5) is 0 Å². The van der Waals surface area contributed by atoms with Crippen LogP contribution in [0.5, 0.6) is 5.75 Å². The monoisotopic (exact) mass is 578 g/mol. The molecule has 1 aromatic heterocycles. The van der Waals surface area contributed by atoms with Crippen molar-refractivity contribution in [3.63, 3.8) is 0 Å². The summed E-state index contributed by atoms with van der Waals surface area (Å²) in [7, 11) is 0. The second-order valence-corrected chi connectivity index (χ2v) is 10.0. The lowest BCUT2D eigenvalue weighted by Crippen LogP contribution is -2.51. The van der Waals surface area contributed by atoms with E-state index >= 15 is 0 Å². The molecule has 1 aliphatic heterocycles. The number of benzene rings is 3. The number of halogens is 2. The van der Waals surface area contributed by atoms with Crippen LogP contribution in [0.25, 0.3) is 0 Å². The Morgan fingerprint density at radius 1 is 0.795 bits per heavy atom. The van der Waals surface area contributed by atoms with Gasteiger partial charge in [0.2, 0.25) is 0 Å². The zero-order chi connectivity index (χ0) is 27.7. The molecule has 0 aliphatic carbocycles. The van der Waals surface area contributed by atoms with Gasteiger partial charge in [0.15, 0.2) is 5.78 Å². The quantitative estimate of drug-likeness (QED) is 0.119. The summed E-state index contributed by atoms with van der Waals surface area (Å²) in [6, 6.07) is 19.3. The zero-order valence-corrected chi connectivity index (χ0v) is 22.1. The lowest BCUT2D eigenvalue weighted by atomic mass is 10.1. The van der Waals surface area contributed by atoms with E-state index in [2.05, 4.69) is 0 Å². The van der Waals surface area contributed by atoms with Gasteiger partial charge in [0.05, 0.1) is 21.2 Å². The molecule has 4 aromatic rings. The summed E-state index contributed by atoms with van der Waals surface area (Å²) >= 11 is 13.3. The molecule has 194 valence electrons. The molecule has 0 atom stereocenters. The summed E-state index contributed by atoms with van der Waals surface area (Å²) in [5, 5.41) is 3.49. The molecule has 8 nitrogen and oxygen atoms in total. The minimum absolute atomic E-state index is 0.0181. The van der Waals surface area contributed by atoms with Crippen LogP contribution in [-0.2, 0) is 0 Å². The number of Topliss-reactive ketones (excluding diaryl/α,β-unsaturated/α-hetero) is 1. The van der Waals surface area contributed by atoms with E-state index in [0.717, 1.165) is 5.01 Å². The number of thiophene rings is 1. The van der Waals surface area contributed by atoms with E-state index < -0.39 is 36.0 Å². The van der Waals surface area contributed by atoms with Crippen LogP contribution in [0.3, 0.4) is 0 Å². The van der Waals surface area contributed by atoms with Gasteiger partial charge in [0.1, 0.15) is 17.2 Å². The molecule has 39 heavy (non-hydrogen) atoms. The number of carbonyl (C=O) groups excluding carboxylic acids is 5. The van der Waals surface area contributed by atoms with Crippen LogP contribution in [0.1, 0.15) is 51.1 Å². The molecule has 2 heterocycles. The molecule has 0 radical (unpaired) electrons. The Bertz CT molecular complexity index is 1600. The molecule has 0 unspecified atom stereocenters. The Labute approximate surface area is 235 Å². The van der Waals surface area contributed by atoms with Gasteiger partial charge in [-0.15, -0.1) is 11.3 Å². The van der Waals surface area contributed by atoms with Gasteiger partial charge in [0, 0.05) is 11.1 Å². The smallest absolute Gasteiger partial charge is 0.353 e. The summed E-state index contributed by atoms with van der Waals surface area (Å²) in [4.78, 5) is 65.8. The molecule has 0 fully saturated rings. The van der Waals surface area contributed by atoms with Crippen LogP contribution in [-0.4, -0.2) is 46.0 Å². The van der Waals surface area contributed by atoms with Crippen molar-refractivity contribution in [2.45, 2.75) is 0 Å². The molecular formula is C28H16Cl2N2O6S. The topological polar surface area (TPSA) is 101 Å². The predicted octanol–water partition coefficient (Wildman–Crippen LogP) is 5.81. The Kier molecular flexibility index (Phi) is 7.30. The summed E-state index contributed by atoms with van der Waals surface area (Å²) in [5.74, 6) is -3.18. The van der Waals surface area contributed by atoms with Crippen LogP contribution >= 0.6 is 34.5 Å². The number of esters is 1. The normalized spacial score (nSPS) is 12.3.